The third kappa shape index (κ3) is 4.31. The Morgan fingerprint density at radius 3 is 2.86 bits per heavy atom. The number of esters is 1. The molecule has 2 aliphatic rings. The summed E-state index contributed by atoms with van der Waals surface area (Å²) in [4.78, 5) is 27.4. The summed E-state index contributed by atoms with van der Waals surface area (Å²) in [5.74, 6) is -1.41. The molecule has 0 radical (unpaired) electrons. The van der Waals surface area contributed by atoms with Gasteiger partial charge >= 0.3 is 12.1 Å². The monoisotopic (exact) mass is 544 g/mol. The van der Waals surface area contributed by atoms with E-state index in [0.717, 1.165) is 32.8 Å². The Kier molecular flexibility index (Phi) is 6.30. The highest BCUT2D eigenvalue weighted by atomic mass is 35.5. The first-order valence-electron chi connectivity index (χ1n) is 11.0. The van der Waals surface area contributed by atoms with E-state index >= 15 is 0 Å². The summed E-state index contributed by atoms with van der Waals surface area (Å²) >= 11 is 9.01. The van der Waals surface area contributed by atoms with Crippen molar-refractivity contribution in [3.63, 3.8) is 0 Å². The van der Waals surface area contributed by atoms with E-state index in [0.29, 0.717) is 12.0 Å². The summed E-state index contributed by atoms with van der Waals surface area (Å²) in [5.41, 5.74) is 0.789. The van der Waals surface area contributed by atoms with Crippen LogP contribution in [0, 0.1) is 0 Å². The minimum absolute atomic E-state index is 0.0666. The molecule has 1 amide bonds. The third-order valence-electron chi connectivity index (χ3n) is 6.03. The van der Waals surface area contributed by atoms with E-state index in [4.69, 9.17) is 16.3 Å². The second kappa shape index (κ2) is 9.14. The number of hydrogen-bond acceptors (Lipinski definition) is 7. The molecule has 3 aromatic rings. The summed E-state index contributed by atoms with van der Waals surface area (Å²) in [7, 11) is 0. The predicted octanol–water partition coefficient (Wildman–Crippen LogP) is 6.24. The minimum atomic E-state index is -4.60. The Balaban J connectivity index is 1.49. The number of ether oxygens (including phenoxy) is 1. The summed E-state index contributed by atoms with van der Waals surface area (Å²) in [5, 5.41) is 11.5. The van der Waals surface area contributed by atoms with Crippen LogP contribution in [0.2, 0.25) is 5.02 Å². The molecule has 3 aromatic heterocycles. The number of halogens is 4. The van der Waals surface area contributed by atoms with Gasteiger partial charge in [0.15, 0.2) is 11.7 Å². The van der Waals surface area contributed by atoms with Crippen molar-refractivity contribution in [2.24, 2.45) is 0 Å². The molecule has 0 spiro atoms. The Bertz CT molecular complexity index is 1290. The SMILES string of the molecule is CCOC(=O)c1c(NC(=O)c2nn3c(c2Cl)N[C@H](c2cccs2)C[C@H]3C(F)(F)F)sc2c1CCC2. The molecule has 0 saturated heterocycles. The van der Waals surface area contributed by atoms with Crippen molar-refractivity contribution in [3.05, 3.63) is 49.1 Å². The zero-order valence-electron chi connectivity index (χ0n) is 18.4. The van der Waals surface area contributed by atoms with Crippen molar-refractivity contribution < 1.29 is 27.5 Å². The molecule has 2 N–H and O–H groups in total. The maximum Gasteiger partial charge on any atom is 0.410 e. The van der Waals surface area contributed by atoms with Gasteiger partial charge in [-0.25, -0.2) is 9.48 Å². The number of hydrogen-bond donors (Lipinski definition) is 2. The van der Waals surface area contributed by atoms with Crippen LogP contribution >= 0.6 is 34.3 Å². The number of thiophene rings is 2. The molecule has 7 nitrogen and oxygen atoms in total. The fourth-order valence-corrected chi connectivity index (χ4v) is 6.81. The van der Waals surface area contributed by atoms with Gasteiger partial charge in [-0.2, -0.15) is 18.3 Å². The Morgan fingerprint density at radius 2 is 2.17 bits per heavy atom. The molecule has 35 heavy (non-hydrogen) atoms. The van der Waals surface area contributed by atoms with E-state index in [1.807, 2.05) is 0 Å². The lowest BCUT2D eigenvalue weighted by Crippen LogP contribution is -2.35. The molecule has 4 heterocycles. The van der Waals surface area contributed by atoms with Crippen LogP contribution in [0.15, 0.2) is 17.5 Å². The van der Waals surface area contributed by atoms with Crippen molar-refractivity contribution in [2.75, 3.05) is 17.2 Å². The van der Waals surface area contributed by atoms with E-state index < -0.39 is 30.1 Å². The quantitative estimate of drug-likeness (QED) is 0.372. The van der Waals surface area contributed by atoms with Crippen LogP contribution in [0.5, 0.6) is 0 Å². The van der Waals surface area contributed by atoms with Gasteiger partial charge in [-0.3, -0.25) is 4.79 Å². The molecule has 2 atom stereocenters. The van der Waals surface area contributed by atoms with Gasteiger partial charge in [-0.1, -0.05) is 17.7 Å². The summed E-state index contributed by atoms with van der Waals surface area (Å²) in [6.45, 7) is 1.86. The van der Waals surface area contributed by atoms with Crippen LogP contribution in [0.4, 0.5) is 24.0 Å². The molecule has 0 bridgehead atoms. The molecule has 5 rings (SSSR count). The van der Waals surface area contributed by atoms with Crippen LogP contribution < -0.4 is 10.6 Å². The second-order valence-electron chi connectivity index (χ2n) is 8.20. The zero-order chi connectivity index (χ0) is 24.9. The van der Waals surface area contributed by atoms with Crippen LogP contribution in [0.25, 0.3) is 0 Å². The lowest BCUT2D eigenvalue weighted by atomic mass is 10.0. The third-order valence-corrected chi connectivity index (χ3v) is 8.58. The van der Waals surface area contributed by atoms with E-state index in [2.05, 4.69) is 15.7 Å². The van der Waals surface area contributed by atoms with E-state index in [1.165, 1.54) is 22.7 Å². The Labute approximate surface area is 211 Å². The van der Waals surface area contributed by atoms with Gasteiger partial charge < -0.3 is 15.4 Å². The van der Waals surface area contributed by atoms with Crippen molar-refractivity contribution in [3.8, 4) is 0 Å². The van der Waals surface area contributed by atoms with Gasteiger partial charge in [0.05, 0.1) is 18.2 Å². The molecule has 1 aliphatic heterocycles. The number of carbonyl (C=O) groups excluding carboxylic acids is 2. The molecule has 0 aromatic carbocycles. The normalized spacial score (nSPS) is 19.1. The summed E-state index contributed by atoms with van der Waals surface area (Å²) in [6.07, 6.45) is -2.51. The molecule has 0 fully saturated rings. The zero-order valence-corrected chi connectivity index (χ0v) is 20.8. The van der Waals surface area contributed by atoms with Gasteiger partial charge in [0.2, 0.25) is 0 Å². The Morgan fingerprint density at radius 1 is 1.37 bits per heavy atom. The lowest BCUT2D eigenvalue weighted by Gasteiger charge is -2.32. The number of fused-ring (bicyclic) bond motifs is 2. The first kappa shape index (κ1) is 24.1. The van der Waals surface area contributed by atoms with Crippen molar-refractivity contribution in [1.29, 1.82) is 0 Å². The van der Waals surface area contributed by atoms with Gasteiger partial charge in [0.25, 0.3) is 5.91 Å². The van der Waals surface area contributed by atoms with Crippen LogP contribution in [-0.2, 0) is 17.6 Å². The average Bonchev–Trinajstić information content (AvgIpc) is 3.57. The standard InChI is InChI=1S/C22H20ClF3N4O3S2/c1-2-33-21(32)15-10-5-3-6-12(10)35-20(15)28-19(31)17-16(23)18-27-11(13-7-4-8-34-13)9-14(22(24,25)26)30(18)29-17/h4,7-8,11,14,27H,2-3,5-6,9H2,1H3,(H,28,31)/t11-,14-/m0/s1. The fraction of sp³-hybridized carbons (Fsp3) is 0.409. The number of aromatic nitrogens is 2. The number of carbonyl (C=O) groups is 2. The molecule has 1 aliphatic carbocycles. The number of rotatable bonds is 5. The fourth-order valence-electron chi connectivity index (χ4n) is 4.48. The molecular weight excluding hydrogens is 525 g/mol. The number of anilines is 2. The minimum Gasteiger partial charge on any atom is -0.462 e. The summed E-state index contributed by atoms with van der Waals surface area (Å²) < 4.78 is 47.8. The number of aryl methyl sites for hydroxylation is 1. The molecule has 0 saturated carbocycles. The van der Waals surface area contributed by atoms with Crippen molar-refractivity contribution in [2.45, 2.75) is 50.9 Å². The van der Waals surface area contributed by atoms with Crippen LogP contribution in [0.3, 0.4) is 0 Å². The highest BCUT2D eigenvalue weighted by molar-refractivity contribution is 7.17. The van der Waals surface area contributed by atoms with E-state index in [-0.39, 0.29) is 34.6 Å². The average molecular weight is 545 g/mol. The predicted molar refractivity (Wildman–Crippen MR) is 128 cm³/mol. The number of amides is 1. The van der Waals surface area contributed by atoms with Crippen molar-refractivity contribution >= 4 is 57.0 Å². The van der Waals surface area contributed by atoms with Crippen LogP contribution in [0.1, 0.15) is 68.0 Å². The van der Waals surface area contributed by atoms with E-state index in [9.17, 15) is 22.8 Å². The first-order chi connectivity index (χ1) is 16.7. The van der Waals surface area contributed by atoms with Gasteiger partial charge in [0.1, 0.15) is 15.8 Å². The largest absolute Gasteiger partial charge is 0.462 e. The van der Waals surface area contributed by atoms with Crippen molar-refractivity contribution in [1.82, 2.24) is 9.78 Å². The number of nitrogens with one attached hydrogen (secondary N) is 2. The lowest BCUT2D eigenvalue weighted by molar-refractivity contribution is -0.173. The maximum atomic E-state index is 14.0. The molecule has 0 unspecified atom stereocenters. The Hall–Kier alpha value is -2.57. The highest BCUT2D eigenvalue weighted by Crippen LogP contribution is 2.47. The highest BCUT2D eigenvalue weighted by Gasteiger charge is 2.48. The van der Waals surface area contributed by atoms with Crippen LogP contribution in [-0.4, -0.2) is 34.4 Å². The van der Waals surface area contributed by atoms with Gasteiger partial charge in [0, 0.05) is 16.2 Å². The smallest absolute Gasteiger partial charge is 0.410 e. The number of nitrogens with zero attached hydrogens (tertiary/aromatic N) is 2. The molecular formula is C22H20ClF3N4O3S2. The molecule has 13 heteroatoms. The van der Waals surface area contributed by atoms with Gasteiger partial charge in [-0.15, -0.1) is 22.7 Å². The van der Waals surface area contributed by atoms with E-state index in [1.54, 1.807) is 24.4 Å². The molecule has 186 valence electrons. The summed E-state index contributed by atoms with van der Waals surface area (Å²) in [6, 6.07) is 0.923. The van der Waals surface area contributed by atoms with Gasteiger partial charge in [-0.05, 0) is 43.2 Å². The first-order valence-corrected chi connectivity index (χ1v) is 13.0. The maximum absolute atomic E-state index is 14.0. The number of alkyl halides is 3. The topological polar surface area (TPSA) is 85.2 Å². The second-order valence-corrected chi connectivity index (χ2v) is 10.7.